The number of likely N-dealkylation sites (tertiary alicyclic amines) is 1. The summed E-state index contributed by atoms with van der Waals surface area (Å²) < 4.78 is 6.52. The number of piperidine rings is 1. The summed E-state index contributed by atoms with van der Waals surface area (Å²) in [6.07, 6.45) is 3.13. The van der Waals surface area contributed by atoms with E-state index in [0.717, 1.165) is 36.8 Å². The van der Waals surface area contributed by atoms with Crippen molar-refractivity contribution in [1.82, 2.24) is 4.90 Å². The zero-order chi connectivity index (χ0) is 22.4. The van der Waals surface area contributed by atoms with Gasteiger partial charge in [0, 0.05) is 24.3 Å². The van der Waals surface area contributed by atoms with Crippen molar-refractivity contribution >= 4 is 33.4 Å². The van der Waals surface area contributed by atoms with Crippen LogP contribution >= 0.6 is 15.9 Å². The van der Waals surface area contributed by atoms with Crippen LogP contribution in [0.25, 0.3) is 0 Å². The molecule has 1 N–H and O–H groups in total. The van der Waals surface area contributed by atoms with Crippen LogP contribution < -0.4 is 10.1 Å². The molecule has 3 rings (SSSR count). The van der Waals surface area contributed by atoms with E-state index in [1.807, 2.05) is 23.1 Å². The Hall–Kier alpha value is -2.34. The molecule has 0 aromatic heterocycles. The van der Waals surface area contributed by atoms with Gasteiger partial charge in [0.1, 0.15) is 5.75 Å². The van der Waals surface area contributed by atoms with Crippen LogP contribution in [0.3, 0.4) is 0 Å². The normalized spacial score (nSPS) is 15.4. The van der Waals surface area contributed by atoms with E-state index in [1.165, 1.54) is 5.56 Å². The standard InChI is InChI=1S/C25H31BrN2O3/c1-4-18(3)19-8-9-23(22(26)15-19)31-16-24(29)27-21-7-5-6-20(14-21)25(30)28-12-10-17(2)11-13-28/h5-9,14-15,17-18H,4,10-13,16H2,1-3H3,(H,27,29). The molecule has 0 spiro atoms. The Morgan fingerprint density at radius 3 is 2.61 bits per heavy atom. The summed E-state index contributed by atoms with van der Waals surface area (Å²) in [7, 11) is 0. The summed E-state index contributed by atoms with van der Waals surface area (Å²) >= 11 is 3.53. The summed E-state index contributed by atoms with van der Waals surface area (Å²) in [6.45, 7) is 8.02. The number of rotatable bonds is 7. The summed E-state index contributed by atoms with van der Waals surface area (Å²) in [6, 6.07) is 13.1. The van der Waals surface area contributed by atoms with Gasteiger partial charge >= 0.3 is 0 Å². The van der Waals surface area contributed by atoms with Crippen molar-refractivity contribution in [3.8, 4) is 5.75 Å². The number of nitrogens with zero attached hydrogens (tertiary/aromatic N) is 1. The lowest BCUT2D eigenvalue weighted by Gasteiger charge is -2.30. The molecule has 2 aromatic rings. The van der Waals surface area contributed by atoms with Crippen LogP contribution in [-0.2, 0) is 4.79 Å². The minimum absolute atomic E-state index is 0.0181. The Balaban J connectivity index is 1.56. The third-order valence-corrected chi connectivity index (χ3v) is 6.58. The molecule has 0 bridgehead atoms. The Morgan fingerprint density at radius 1 is 1.19 bits per heavy atom. The predicted molar refractivity (Wildman–Crippen MR) is 128 cm³/mol. The fourth-order valence-electron chi connectivity index (χ4n) is 3.64. The van der Waals surface area contributed by atoms with Gasteiger partial charge in [0.25, 0.3) is 11.8 Å². The molecule has 0 radical (unpaired) electrons. The molecule has 31 heavy (non-hydrogen) atoms. The van der Waals surface area contributed by atoms with Gasteiger partial charge in [-0.25, -0.2) is 0 Å². The Labute approximate surface area is 193 Å². The highest BCUT2D eigenvalue weighted by atomic mass is 79.9. The molecule has 0 aliphatic carbocycles. The first-order valence-electron chi connectivity index (χ1n) is 11.0. The lowest BCUT2D eigenvalue weighted by atomic mass is 9.98. The van der Waals surface area contributed by atoms with E-state index in [0.29, 0.717) is 28.8 Å². The van der Waals surface area contributed by atoms with E-state index >= 15 is 0 Å². The molecule has 2 amide bonds. The zero-order valence-electron chi connectivity index (χ0n) is 18.5. The van der Waals surface area contributed by atoms with Crippen molar-refractivity contribution in [3.05, 3.63) is 58.1 Å². The molecule has 2 aromatic carbocycles. The highest BCUT2D eigenvalue weighted by molar-refractivity contribution is 9.10. The molecule has 1 unspecified atom stereocenters. The summed E-state index contributed by atoms with van der Waals surface area (Å²) in [4.78, 5) is 27.1. The second-order valence-electron chi connectivity index (χ2n) is 8.39. The zero-order valence-corrected chi connectivity index (χ0v) is 20.1. The largest absolute Gasteiger partial charge is 0.483 e. The summed E-state index contributed by atoms with van der Waals surface area (Å²) in [5.74, 6) is 1.52. The van der Waals surface area contributed by atoms with Gasteiger partial charge in [-0.15, -0.1) is 0 Å². The second-order valence-corrected chi connectivity index (χ2v) is 9.25. The molecule has 1 fully saturated rings. The molecule has 0 saturated carbocycles. The van der Waals surface area contributed by atoms with Crippen LogP contribution in [0.1, 0.15) is 61.9 Å². The first-order valence-corrected chi connectivity index (χ1v) is 11.8. The molecule has 1 aliphatic rings. The molecule has 6 heteroatoms. The maximum absolute atomic E-state index is 12.8. The van der Waals surface area contributed by atoms with Gasteiger partial charge in [-0.1, -0.05) is 32.9 Å². The average molecular weight is 487 g/mol. The van der Waals surface area contributed by atoms with Gasteiger partial charge in [-0.2, -0.15) is 0 Å². The third kappa shape index (κ3) is 6.33. The van der Waals surface area contributed by atoms with Crippen molar-refractivity contribution in [3.63, 3.8) is 0 Å². The van der Waals surface area contributed by atoms with Crippen LogP contribution in [-0.4, -0.2) is 36.4 Å². The first kappa shape index (κ1) is 23.3. The van der Waals surface area contributed by atoms with Crippen LogP contribution in [0.2, 0.25) is 0 Å². The predicted octanol–water partition coefficient (Wildman–Crippen LogP) is 5.85. The maximum atomic E-state index is 12.8. The first-order chi connectivity index (χ1) is 14.9. The van der Waals surface area contributed by atoms with E-state index < -0.39 is 0 Å². The summed E-state index contributed by atoms with van der Waals surface area (Å²) in [5, 5.41) is 2.83. The lowest BCUT2D eigenvalue weighted by molar-refractivity contribution is -0.118. The van der Waals surface area contributed by atoms with E-state index in [1.54, 1.807) is 24.3 Å². The van der Waals surface area contributed by atoms with Crippen molar-refractivity contribution in [2.45, 2.75) is 46.0 Å². The van der Waals surface area contributed by atoms with Crippen molar-refractivity contribution in [2.24, 2.45) is 5.92 Å². The lowest BCUT2D eigenvalue weighted by Crippen LogP contribution is -2.37. The molecule has 1 aliphatic heterocycles. The van der Waals surface area contributed by atoms with Crippen LogP contribution in [0.5, 0.6) is 5.75 Å². The molecule has 166 valence electrons. The number of hydrogen-bond donors (Lipinski definition) is 1. The minimum Gasteiger partial charge on any atom is -0.483 e. The van der Waals surface area contributed by atoms with E-state index in [-0.39, 0.29) is 18.4 Å². The minimum atomic E-state index is -0.269. The number of hydrogen-bond acceptors (Lipinski definition) is 3. The molecule has 1 atom stereocenters. The second kappa shape index (κ2) is 10.8. The number of halogens is 1. The molecule has 5 nitrogen and oxygen atoms in total. The molecular formula is C25H31BrN2O3. The number of ether oxygens (including phenoxy) is 1. The van der Waals surface area contributed by atoms with E-state index in [4.69, 9.17) is 4.74 Å². The molecular weight excluding hydrogens is 456 g/mol. The number of anilines is 1. The number of nitrogens with one attached hydrogen (secondary N) is 1. The quantitative estimate of drug-likeness (QED) is 0.533. The highest BCUT2D eigenvalue weighted by Gasteiger charge is 2.21. The Morgan fingerprint density at radius 2 is 1.94 bits per heavy atom. The van der Waals surface area contributed by atoms with Gasteiger partial charge in [0.2, 0.25) is 0 Å². The number of carbonyl (C=O) groups excluding carboxylic acids is 2. The monoisotopic (exact) mass is 486 g/mol. The fraction of sp³-hybridized carbons (Fsp3) is 0.440. The maximum Gasteiger partial charge on any atom is 0.262 e. The number of amides is 2. The average Bonchev–Trinajstić information content (AvgIpc) is 2.78. The van der Waals surface area contributed by atoms with Gasteiger partial charge in [-0.05, 0) is 82.9 Å². The smallest absolute Gasteiger partial charge is 0.262 e. The topological polar surface area (TPSA) is 58.6 Å². The SMILES string of the molecule is CCC(C)c1ccc(OCC(=O)Nc2cccc(C(=O)N3CCC(C)CC3)c2)c(Br)c1. The van der Waals surface area contributed by atoms with E-state index in [9.17, 15) is 9.59 Å². The van der Waals surface area contributed by atoms with Gasteiger partial charge in [-0.3, -0.25) is 9.59 Å². The Kier molecular flexibility index (Phi) is 8.13. The van der Waals surface area contributed by atoms with Crippen molar-refractivity contribution in [1.29, 1.82) is 0 Å². The molecule has 1 heterocycles. The number of benzene rings is 2. The Bertz CT molecular complexity index is 923. The van der Waals surface area contributed by atoms with E-state index in [2.05, 4.69) is 42.0 Å². The van der Waals surface area contributed by atoms with Gasteiger partial charge < -0.3 is 15.0 Å². The van der Waals surface area contributed by atoms with Crippen molar-refractivity contribution < 1.29 is 14.3 Å². The third-order valence-electron chi connectivity index (χ3n) is 5.96. The molecule has 1 saturated heterocycles. The number of carbonyl (C=O) groups is 2. The van der Waals surface area contributed by atoms with Crippen LogP contribution in [0.4, 0.5) is 5.69 Å². The van der Waals surface area contributed by atoms with Crippen molar-refractivity contribution in [2.75, 3.05) is 25.0 Å². The van der Waals surface area contributed by atoms with Gasteiger partial charge in [0.15, 0.2) is 6.61 Å². The summed E-state index contributed by atoms with van der Waals surface area (Å²) in [5.41, 5.74) is 2.42. The van der Waals surface area contributed by atoms with Crippen LogP contribution in [0.15, 0.2) is 46.9 Å². The van der Waals surface area contributed by atoms with Gasteiger partial charge in [0.05, 0.1) is 4.47 Å². The fourth-order valence-corrected chi connectivity index (χ4v) is 4.15. The van der Waals surface area contributed by atoms with Crippen LogP contribution in [0, 0.1) is 5.92 Å². The highest BCUT2D eigenvalue weighted by Crippen LogP contribution is 2.30.